The maximum atomic E-state index is 12.4. The molecule has 20 heavy (non-hydrogen) atoms. The average molecular weight is 274 g/mol. The van der Waals surface area contributed by atoms with Crippen molar-refractivity contribution in [2.45, 2.75) is 51.6 Å². The molecule has 3 nitrogen and oxygen atoms in total. The lowest BCUT2D eigenvalue weighted by Gasteiger charge is -2.25. The summed E-state index contributed by atoms with van der Waals surface area (Å²) in [6.45, 7) is 5.21. The van der Waals surface area contributed by atoms with Crippen molar-refractivity contribution in [1.82, 2.24) is 4.90 Å². The van der Waals surface area contributed by atoms with E-state index >= 15 is 0 Å². The third-order valence-electron chi connectivity index (χ3n) is 3.77. The van der Waals surface area contributed by atoms with Crippen molar-refractivity contribution in [3.05, 3.63) is 35.9 Å². The molecule has 0 heterocycles. The standard InChI is InChI=1S/C17H26N2O/c1-13(2)12-19(15-8-9-15)17(20)11-10-16(18)14-6-4-3-5-7-14/h3-7,13,15-16H,8-12,18H2,1-2H3. The van der Waals surface area contributed by atoms with Crippen molar-refractivity contribution >= 4 is 5.91 Å². The zero-order valence-corrected chi connectivity index (χ0v) is 12.6. The Morgan fingerprint density at radius 2 is 1.95 bits per heavy atom. The molecule has 1 aliphatic carbocycles. The monoisotopic (exact) mass is 274 g/mol. The number of rotatable bonds is 7. The lowest BCUT2D eigenvalue weighted by molar-refractivity contribution is -0.132. The molecule has 1 aromatic rings. The molecule has 1 amide bonds. The summed E-state index contributed by atoms with van der Waals surface area (Å²) in [6.07, 6.45) is 3.62. The van der Waals surface area contributed by atoms with Crippen molar-refractivity contribution < 1.29 is 4.79 Å². The third-order valence-corrected chi connectivity index (χ3v) is 3.77. The van der Waals surface area contributed by atoms with Crippen molar-refractivity contribution in [3.8, 4) is 0 Å². The highest BCUT2D eigenvalue weighted by molar-refractivity contribution is 5.77. The van der Waals surface area contributed by atoms with Gasteiger partial charge in [0.05, 0.1) is 0 Å². The fourth-order valence-electron chi connectivity index (χ4n) is 2.52. The van der Waals surface area contributed by atoms with Gasteiger partial charge in [0.1, 0.15) is 0 Å². The van der Waals surface area contributed by atoms with Gasteiger partial charge < -0.3 is 10.6 Å². The van der Waals surface area contributed by atoms with Crippen LogP contribution in [0.25, 0.3) is 0 Å². The molecule has 1 fully saturated rings. The molecule has 0 spiro atoms. The number of nitrogens with two attached hydrogens (primary N) is 1. The van der Waals surface area contributed by atoms with Crippen LogP contribution in [0.5, 0.6) is 0 Å². The van der Waals surface area contributed by atoms with Crippen LogP contribution in [-0.4, -0.2) is 23.4 Å². The van der Waals surface area contributed by atoms with E-state index in [4.69, 9.17) is 5.73 Å². The van der Waals surface area contributed by atoms with E-state index in [0.717, 1.165) is 18.5 Å². The second-order valence-corrected chi connectivity index (χ2v) is 6.23. The van der Waals surface area contributed by atoms with Crippen LogP contribution in [0.15, 0.2) is 30.3 Å². The molecule has 0 aliphatic heterocycles. The molecule has 1 atom stereocenters. The Morgan fingerprint density at radius 1 is 1.30 bits per heavy atom. The van der Waals surface area contributed by atoms with Crippen molar-refractivity contribution in [2.75, 3.05) is 6.54 Å². The minimum atomic E-state index is -0.0414. The molecule has 1 saturated carbocycles. The van der Waals surface area contributed by atoms with Gasteiger partial charge in [-0.2, -0.15) is 0 Å². The highest BCUT2D eigenvalue weighted by atomic mass is 16.2. The number of carbonyl (C=O) groups is 1. The van der Waals surface area contributed by atoms with Crippen LogP contribution in [0, 0.1) is 5.92 Å². The van der Waals surface area contributed by atoms with Crippen LogP contribution in [0.1, 0.15) is 51.1 Å². The molecule has 0 bridgehead atoms. The van der Waals surface area contributed by atoms with Gasteiger partial charge in [0.25, 0.3) is 0 Å². The van der Waals surface area contributed by atoms with Crippen LogP contribution in [-0.2, 0) is 4.79 Å². The highest BCUT2D eigenvalue weighted by Gasteiger charge is 2.32. The first-order valence-electron chi connectivity index (χ1n) is 7.68. The minimum absolute atomic E-state index is 0.0414. The Balaban J connectivity index is 1.84. The normalized spacial score (nSPS) is 16.2. The van der Waals surface area contributed by atoms with E-state index in [2.05, 4.69) is 18.7 Å². The van der Waals surface area contributed by atoms with Crippen LogP contribution in [0.2, 0.25) is 0 Å². The molecule has 2 rings (SSSR count). The van der Waals surface area contributed by atoms with Gasteiger partial charge in [0.2, 0.25) is 5.91 Å². The lowest BCUT2D eigenvalue weighted by Crippen LogP contribution is -2.36. The van der Waals surface area contributed by atoms with Crippen LogP contribution >= 0.6 is 0 Å². The smallest absolute Gasteiger partial charge is 0.222 e. The van der Waals surface area contributed by atoms with Crippen molar-refractivity contribution in [2.24, 2.45) is 11.7 Å². The predicted molar refractivity (Wildman–Crippen MR) is 82.2 cm³/mol. The molecule has 1 aromatic carbocycles. The molecule has 2 N–H and O–H groups in total. The van der Waals surface area contributed by atoms with Gasteiger partial charge in [0.15, 0.2) is 0 Å². The first-order valence-corrected chi connectivity index (χ1v) is 7.68. The van der Waals surface area contributed by atoms with Crippen molar-refractivity contribution in [1.29, 1.82) is 0 Å². The van der Waals surface area contributed by atoms with E-state index in [1.54, 1.807) is 0 Å². The van der Waals surface area contributed by atoms with Crippen LogP contribution in [0.4, 0.5) is 0 Å². The van der Waals surface area contributed by atoms with Gasteiger partial charge in [-0.05, 0) is 30.7 Å². The van der Waals surface area contributed by atoms with Gasteiger partial charge in [-0.3, -0.25) is 4.79 Å². The van der Waals surface area contributed by atoms with E-state index in [1.807, 2.05) is 30.3 Å². The van der Waals surface area contributed by atoms with Crippen LogP contribution < -0.4 is 5.73 Å². The first kappa shape index (κ1) is 15.0. The molecule has 0 saturated heterocycles. The number of nitrogens with zero attached hydrogens (tertiary/aromatic N) is 1. The van der Waals surface area contributed by atoms with Crippen LogP contribution in [0.3, 0.4) is 0 Å². The number of hydrogen-bond donors (Lipinski definition) is 1. The summed E-state index contributed by atoms with van der Waals surface area (Å²) in [5.41, 5.74) is 7.28. The van der Waals surface area contributed by atoms with Crippen molar-refractivity contribution in [3.63, 3.8) is 0 Å². The number of hydrogen-bond acceptors (Lipinski definition) is 2. The molecule has 0 radical (unpaired) electrons. The Bertz CT molecular complexity index is 426. The van der Waals surface area contributed by atoms with E-state index in [-0.39, 0.29) is 11.9 Å². The summed E-state index contributed by atoms with van der Waals surface area (Å²) < 4.78 is 0. The maximum absolute atomic E-state index is 12.4. The minimum Gasteiger partial charge on any atom is -0.339 e. The van der Waals surface area contributed by atoms with Gasteiger partial charge >= 0.3 is 0 Å². The number of carbonyl (C=O) groups excluding carboxylic acids is 1. The topological polar surface area (TPSA) is 46.3 Å². The summed E-state index contributed by atoms with van der Waals surface area (Å²) in [7, 11) is 0. The summed E-state index contributed by atoms with van der Waals surface area (Å²) in [5.74, 6) is 0.801. The zero-order valence-electron chi connectivity index (χ0n) is 12.6. The SMILES string of the molecule is CC(C)CN(C(=O)CCC(N)c1ccccc1)C1CC1. The molecular weight excluding hydrogens is 248 g/mol. The Hall–Kier alpha value is -1.35. The Morgan fingerprint density at radius 3 is 2.50 bits per heavy atom. The Kier molecular flexibility index (Phi) is 5.18. The molecule has 0 aromatic heterocycles. The largest absolute Gasteiger partial charge is 0.339 e. The van der Waals surface area contributed by atoms with E-state index in [9.17, 15) is 4.79 Å². The summed E-state index contributed by atoms with van der Waals surface area (Å²) in [5, 5.41) is 0. The van der Waals surface area contributed by atoms with Gasteiger partial charge in [-0.1, -0.05) is 44.2 Å². The summed E-state index contributed by atoms with van der Waals surface area (Å²) >= 11 is 0. The molecular formula is C17H26N2O. The Labute approximate surface area is 122 Å². The predicted octanol–water partition coefficient (Wildman–Crippen LogP) is 3.11. The second-order valence-electron chi connectivity index (χ2n) is 6.23. The lowest BCUT2D eigenvalue weighted by atomic mass is 10.0. The molecule has 110 valence electrons. The highest BCUT2D eigenvalue weighted by Crippen LogP contribution is 2.29. The number of amides is 1. The quantitative estimate of drug-likeness (QED) is 0.830. The van der Waals surface area contributed by atoms with Gasteiger partial charge in [0, 0.05) is 25.0 Å². The third kappa shape index (κ3) is 4.34. The number of benzene rings is 1. The second kappa shape index (κ2) is 6.89. The maximum Gasteiger partial charge on any atom is 0.222 e. The summed E-state index contributed by atoms with van der Waals surface area (Å²) in [4.78, 5) is 14.4. The van der Waals surface area contributed by atoms with E-state index in [1.165, 1.54) is 12.8 Å². The van der Waals surface area contributed by atoms with E-state index < -0.39 is 0 Å². The first-order chi connectivity index (χ1) is 9.58. The van der Waals surface area contributed by atoms with E-state index in [0.29, 0.717) is 18.4 Å². The molecule has 1 unspecified atom stereocenters. The summed E-state index contributed by atoms with van der Waals surface area (Å²) in [6, 6.07) is 10.5. The average Bonchev–Trinajstić information content (AvgIpc) is 3.27. The fraction of sp³-hybridized carbons (Fsp3) is 0.588. The van der Waals surface area contributed by atoms with Gasteiger partial charge in [-0.25, -0.2) is 0 Å². The molecule has 1 aliphatic rings. The van der Waals surface area contributed by atoms with Gasteiger partial charge in [-0.15, -0.1) is 0 Å². The molecule has 3 heteroatoms. The zero-order chi connectivity index (χ0) is 14.5. The fourth-order valence-corrected chi connectivity index (χ4v) is 2.52.